The molecule has 0 atom stereocenters. The maximum atomic E-state index is 12.5. The minimum absolute atomic E-state index is 0.0285. The Hall–Kier alpha value is -3.32. The number of aromatic nitrogens is 1. The molecule has 180 valence electrons. The van der Waals surface area contributed by atoms with Gasteiger partial charge in [-0.25, -0.2) is 0 Å². The summed E-state index contributed by atoms with van der Waals surface area (Å²) in [5.74, 6) is 0.978. The van der Waals surface area contributed by atoms with Crippen LogP contribution in [-0.2, 0) is 9.59 Å². The van der Waals surface area contributed by atoms with Crippen LogP contribution in [0.5, 0.6) is 5.75 Å². The SMILES string of the molecule is COc1ccc2[nH]cc(C3CCN(CC(=O)NCC(=O)Nc4c(C)cc(C)cc4C)CC3)c2c1. The van der Waals surface area contributed by atoms with Crippen LogP contribution in [0.25, 0.3) is 10.9 Å². The standard InChI is InChI=1S/C27H34N4O3/c1-17-11-18(2)27(19(3)12-17)30-25(32)15-29-26(33)16-31-9-7-20(8-10-31)23-14-28-24-6-5-21(34-4)13-22(23)24/h5-6,11-14,20,28H,7-10,15-16H2,1-4H3,(H,29,33)(H,30,32). The summed E-state index contributed by atoms with van der Waals surface area (Å²) < 4.78 is 5.39. The molecule has 7 heteroatoms. The van der Waals surface area contributed by atoms with E-state index in [9.17, 15) is 9.59 Å². The molecule has 34 heavy (non-hydrogen) atoms. The zero-order chi connectivity index (χ0) is 24.2. The highest BCUT2D eigenvalue weighted by molar-refractivity contribution is 5.96. The van der Waals surface area contributed by atoms with Gasteiger partial charge in [0.1, 0.15) is 5.75 Å². The van der Waals surface area contributed by atoms with Gasteiger partial charge in [0.05, 0.1) is 20.2 Å². The van der Waals surface area contributed by atoms with Crippen LogP contribution >= 0.6 is 0 Å². The van der Waals surface area contributed by atoms with Gasteiger partial charge in [-0.1, -0.05) is 17.7 Å². The number of rotatable bonds is 7. The molecule has 1 aromatic heterocycles. The number of nitrogens with one attached hydrogen (secondary N) is 3. The molecular weight excluding hydrogens is 428 g/mol. The summed E-state index contributed by atoms with van der Waals surface area (Å²) in [4.78, 5) is 30.3. The molecule has 7 nitrogen and oxygen atoms in total. The summed E-state index contributed by atoms with van der Waals surface area (Å²) in [5.41, 5.74) is 6.46. The maximum Gasteiger partial charge on any atom is 0.243 e. The molecule has 2 aromatic carbocycles. The number of hydrogen-bond donors (Lipinski definition) is 3. The second-order valence-electron chi connectivity index (χ2n) is 9.30. The lowest BCUT2D eigenvalue weighted by Gasteiger charge is -2.31. The van der Waals surface area contributed by atoms with E-state index in [1.165, 1.54) is 10.9 Å². The van der Waals surface area contributed by atoms with Crippen molar-refractivity contribution in [3.8, 4) is 5.75 Å². The number of benzene rings is 2. The van der Waals surface area contributed by atoms with Crippen molar-refractivity contribution in [1.82, 2.24) is 15.2 Å². The number of hydrogen-bond acceptors (Lipinski definition) is 4. The first kappa shape index (κ1) is 23.8. The number of H-pyrrole nitrogens is 1. The number of methoxy groups -OCH3 is 1. The van der Waals surface area contributed by atoms with Crippen molar-refractivity contribution in [2.45, 2.75) is 39.5 Å². The van der Waals surface area contributed by atoms with E-state index in [0.29, 0.717) is 12.5 Å². The molecule has 1 fully saturated rings. The zero-order valence-electron chi connectivity index (χ0n) is 20.5. The normalized spacial score (nSPS) is 14.8. The third-order valence-corrected chi connectivity index (χ3v) is 6.70. The van der Waals surface area contributed by atoms with E-state index in [2.05, 4.69) is 38.8 Å². The Labute approximate surface area is 200 Å². The van der Waals surface area contributed by atoms with Gasteiger partial charge in [0.15, 0.2) is 0 Å². The number of fused-ring (bicyclic) bond motifs is 1. The Bertz CT molecular complexity index is 1170. The summed E-state index contributed by atoms with van der Waals surface area (Å²) in [6.45, 7) is 7.97. The van der Waals surface area contributed by atoms with Crippen LogP contribution in [0.3, 0.4) is 0 Å². The Morgan fingerprint density at radius 2 is 1.76 bits per heavy atom. The molecule has 2 heterocycles. The fourth-order valence-corrected chi connectivity index (χ4v) is 4.99. The highest BCUT2D eigenvalue weighted by atomic mass is 16.5. The topological polar surface area (TPSA) is 86.5 Å². The molecule has 0 radical (unpaired) electrons. The van der Waals surface area contributed by atoms with E-state index in [4.69, 9.17) is 4.74 Å². The number of anilines is 1. The van der Waals surface area contributed by atoms with Crippen LogP contribution in [0.2, 0.25) is 0 Å². The van der Waals surface area contributed by atoms with Gasteiger partial charge in [-0.05, 0) is 87.5 Å². The van der Waals surface area contributed by atoms with Crippen LogP contribution in [-0.4, -0.2) is 55.0 Å². The first-order valence-electron chi connectivity index (χ1n) is 11.9. The molecule has 1 aliphatic heterocycles. The Morgan fingerprint density at radius 1 is 1.06 bits per heavy atom. The Balaban J connectivity index is 1.25. The Morgan fingerprint density at radius 3 is 2.44 bits per heavy atom. The van der Waals surface area contributed by atoms with E-state index in [1.807, 2.05) is 39.0 Å². The molecule has 1 aliphatic rings. The third-order valence-electron chi connectivity index (χ3n) is 6.70. The number of likely N-dealkylation sites (tertiary alicyclic amines) is 1. The Kier molecular flexibility index (Phi) is 7.22. The molecule has 0 saturated carbocycles. The van der Waals surface area contributed by atoms with Gasteiger partial charge in [0.25, 0.3) is 0 Å². The van der Waals surface area contributed by atoms with E-state index in [0.717, 1.165) is 59.6 Å². The fraction of sp³-hybridized carbons (Fsp3) is 0.407. The van der Waals surface area contributed by atoms with Gasteiger partial charge < -0.3 is 20.4 Å². The van der Waals surface area contributed by atoms with E-state index >= 15 is 0 Å². The number of amides is 2. The second-order valence-corrected chi connectivity index (χ2v) is 9.30. The number of carbonyl (C=O) groups excluding carboxylic acids is 2. The number of nitrogens with zero attached hydrogens (tertiary/aromatic N) is 1. The predicted molar refractivity (Wildman–Crippen MR) is 136 cm³/mol. The summed E-state index contributed by atoms with van der Waals surface area (Å²) >= 11 is 0. The maximum absolute atomic E-state index is 12.5. The fourth-order valence-electron chi connectivity index (χ4n) is 4.99. The summed E-state index contributed by atoms with van der Waals surface area (Å²) in [6.07, 6.45) is 4.08. The number of piperidine rings is 1. The lowest BCUT2D eigenvalue weighted by Crippen LogP contribution is -2.43. The molecule has 0 spiro atoms. The second kappa shape index (κ2) is 10.3. The van der Waals surface area contributed by atoms with Gasteiger partial charge in [0.2, 0.25) is 11.8 Å². The minimum Gasteiger partial charge on any atom is -0.497 e. The molecule has 0 unspecified atom stereocenters. The summed E-state index contributed by atoms with van der Waals surface area (Å²) in [5, 5.41) is 6.90. The molecule has 0 aliphatic carbocycles. The van der Waals surface area contributed by atoms with Crippen molar-refractivity contribution in [2.24, 2.45) is 0 Å². The van der Waals surface area contributed by atoms with E-state index in [1.54, 1.807) is 7.11 Å². The monoisotopic (exact) mass is 462 g/mol. The number of carbonyl (C=O) groups is 2. The van der Waals surface area contributed by atoms with Gasteiger partial charge in [0, 0.05) is 22.8 Å². The summed E-state index contributed by atoms with van der Waals surface area (Å²) in [6, 6.07) is 10.2. The van der Waals surface area contributed by atoms with E-state index in [-0.39, 0.29) is 18.4 Å². The van der Waals surface area contributed by atoms with Crippen molar-refractivity contribution >= 4 is 28.4 Å². The van der Waals surface area contributed by atoms with Gasteiger partial charge in [-0.15, -0.1) is 0 Å². The average molecular weight is 463 g/mol. The van der Waals surface area contributed by atoms with Crippen molar-refractivity contribution in [3.63, 3.8) is 0 Å². The van der Waals surface area contributed by atoms with Crippen LogP contribution in [0.15, 0.2) is 36.5 Å². The van der Waals surface area contributed by atoms with Crippen LogP contribution in [0.1, 0.15) is 41.0 Å². The van der Waals surface area contributed by atoms with Gasteiger partial charge >= 0.3 is 0 Å². The van der Waals surface area contributed by atoms with Gasteiger partial charge in [-0.3, -0.25) is 14.5 Å². The van der Waals surface area contributed by atoms with Crippen molar-refractivity contribution in [3.05, 3.63) is 58.8 Å². The van der Waals surface area contributed by atoms with Crippen LogP contribution < -0.4 is 15.4 Å². The van der Waals surface area contributed by atoms with Crippen LogP contribution in [0.4, 0.5) is 5.69 Å². The highest BCUT2D eigenvalue weighted by Crippen LogP contribution is 2.34. The molecule has 4 rings (SSSR count). The first-order chi connectivity index (χ1) is 16.3. The quantitative estimate of drug-likeness (QED) is 0.495. The molecular formula is C27H34N4O3. The highest BCUT2D eigenvalue weighted by Gasteiger charge is 2.24. The lowest BCUT2D eigenvalue weighted by molar-refractivity contribution is -0.125. The molecule has 3 N–H and O–H groups in total. The van der Waals surface area contributed by atoms with Crippen LogP contribution in [0, 0.1) is 20.8 Å². The van der Waals surface area contributed by atoms with Gasteiger partial charge in [-0.2, -0.15) is 0 Å². The molecule has 1 saturated heterocycles. The number of aryl methyl sites for hydroxylation is 3. The summed E-state index contributed by atoms with van der Waals surface area (Å²) in [7, 11) is 1.69. The van der Waals surface area contributed by atoms with Crippen molar-refractivity contribution < 1.29 is 14.3 Å². The third kappa shape index (κ3) is 5.42. The predicted octanol–water partition coefficient (Wildman–Crippen LogP) is 4.04. The lowest BCUT2D eigenvalue weighted by atomic mass is 9.89. The zero-order valence-corrected chi connectivity index (χ0v) is 20.5. The number of aromatic amines is 1. The van der Waals surface area contributed by atoms with Crippen molar-refractivity contribution in [2.75, 3.05) is 38.6 Å². The average Bonchev–Trinajstić information content (AvgIpc) is 3.23. The smallest absolute Gasteiger partial charge is 0.243 e. The minimum atomic E-state index is -0.211. The molecule has 3 aromatic rings. The first-order valence-corrected chi connectivity index (χ1v) is 11.9. The number of ether oxygens (including phenoxy) is 1. The largest absolute Gasteiger partial charge is 0.497 e. The van der Waals surface area contributed by atoms with Crippen molar-refractivity contribution in [1.29, 1.82) is 0 Å². The molecule has 2 amide bonds. The van der Waals surface area contributed by atoms with E-state index < -0.39 is 0 Å². The molecule has 0 bridgehead atoms.